The minimum absolute atomic E-state index is 0.0337. The van der Waals surface area contributed by atoms with Crippen molar-refractivity contribution in [2.45, 2.75) is 50.9 Å². The van der Waals surface area contributed by atoms with Crippen LogP contribution in [0.5, 0.6) is 0 Å². The van der Waals surface area contributed by atoms with Crippen LogP contribution < -0.4 is 9.80 Å². The number of hydrogen-bond acceptors (Lipinski definition) is 5. The molecule has 6 nitrogen and oxygen atoms in total. The van der Waals surface area contributed by atoms with Gasteiger partial charge in [-0.05, 0) is 32.6 Å². The number of anilines is 2. The topological polar surface area (TPSA) is 52.6 Å². The Hall–Kier alpha value is -2.06. The number of carbonyl (C=O) groups is 1. The minimum Gasteiger partial charge on any atom is -0.343 e. The molecule has 0 aromatic carbocycles. The maximum atomic E-state index is 13.4. The van der Waals surface area contributed by atoms with Crippen LogP contribution in [-0.4, -0.2) is 59.0 Å². The largest absolute Gasteiger partial charge is 0.433 e. The van der Waals surface area contributed by atoms with E-state index < -0.39 is 17.9 Å². The zero-order valence-electron chi connectivity index (χ0n) is 14.7. The monoisotopic (exact) mass is 369 g/mol. The molecule has 142 valence electrons. The molecule has 1 amide bonds. The fraction of sp³-hybridized carbons (Fsp3) is 0.706. The summed E-state index contributed by atoms with van der Waals surface area (Å²) in [5.41, 5.74) is -0.946. The van der Waals surface area contributed by atoms with E-state index in [9.17, 15) is 18.0 Å². The molecule has 4 rings (SSSR count). The van der Waals surface area contributed by atoms with Gasteiger partial charge in [0.2, 0.25) is 11.9 Å². The molecule has 0 unspecified atom stereocenters. The molecule has 3 aliphatic heterocycles. The minimum atomic E-state index is -4.55. The van der Waals surface area contributed by atoms with Crippen molar-refractivity contribution < 1.29 is 18.0 Å². The zero-order valence-corrected chi connectivity index (χ0v) is 14.7. The van der Waals surface area contributed by atoms with Gasteiger partial charge in [0.1, 0.15) is 11.9 Å². The Balaban J connectivity index is 1.72. The van der Waals surface area contributed by atoms with Crippen molar-refractivity contribution >= 4 is 17.7 Å². The average molecular weight is 369 g/mol. The molecule has 0 N–H and O–H groups in total. The van der Waals surface area contributed by atoms with Crippen LogP contribution >= 0.6 is 0 Å². The first kappa shape index (κ1) is 17.4. The maximum absolute atomic E-state index is 13.4. The lowest BCUT2D eigenvalue weighted by atomic mass is 10.1. The van der Waals surface area contributed by atoms with Crippen LogP contribution in [0.1, 0.15) is 38.3 Å². The fourth-order valence-electron chi connectivity index (χ4n) is 4.14. The van der Waals surface area contributed by atoms with Crippen LogP contribution in [0.2, 0.25) is 0 Å². The molecule has 26 heavy (non-hydrogen) atoms. The average Bonchev–Trinajstić information content (AvgIpc) is 3.28. The Morgan fingerprint density at radius 2 is 1.81 bits per heavy atom. The number of halogens is 3. The predicted octanol–water partition coefficient (Wildman–Crippen LogP) is 2.30. The quantitative estimate of drug-likeness (QED) is 0.801. The summed E-state index contributed by atoms with van der Waals surface area (Å²) in [7, 11) is 0. The predicted molar refractivity (Wildman–Crippen MR) is 90.0 cm³/mol. The standard InChI is InChI=1S/C17H22F3N5O/c1-11-15(26)24-8-4-5-12(24)10-25(11)14-9-13(17(18,19)20)21-16(22-14)23-6-2-3-7-23/h9,11-12H,2-8,10H2,1H3/t11-,12+/m1/s1. The molecule has 0 radical (unpaired) electrons. The van der Waals surface area contributed by atoms with Crippen LogP contribution in [0.4, 0.5) is 24.9 Å². The Kier molecular flexibility index (Phi) is 4.19. The van der Waals surface area contributed by atoms with E-state index in [2.05, 4.69) is 9.97 Å². The summed E-state index contributed by atoms with van der Waals surface area (Å²) in [5, 5.41) is 0. The van der Waals surface area contributed by atoms with Crippen molar-refractivity contribution in [3.63, 3.8) is 0 Å². The van der Waals surface area contributed by atoms with Crippen molar-refractivity contribution in [3.05, 3.63) is 11.8 Å². The van der Waals surface area contributed by atoms with E-state index in [4.69, 9.17) is 0 Å². The molecule has 0 aliphatic carbocycles. The number of amides is 1. The molecule has 3 saturated heterocycles. The van der Waals surface area contributed by atoms with E-state index in [0.717, 1.165) is 38.3 Å². The lowest BCUT2D eigenvalue weighted by Crippen LogP contribution is -2.59. The van der Waals surface area contributed by atoms with Crippen molar-refractivity contribution in [1.82, 2.24) is 14.9 Å². The summed E-state index contributed by atoms with van der Waals surface area (Å²) >= 11 is 0. The molecular weight excluding hydrogens is 347 g/mol. The highest BCUT2D eigenvalue weighted by atomic mass is 19.4. The molecule has 0 spiro atoms. The van der Waals surface area contributed by atoms with Gasteiger partial charge in [0.25, 0.3) is 0 Å². The third kappa shape index (κ3) is 2.97. The third-order valence-electron chi connectivity index (χ3n) is 5.57. The molecule has 9 heteroatoms. The van der Waals surface area contributed by atoms with Crippen LogP contribution in [0.3, 0.4) is 0 Å². The van der Waals surface area contributed by atoms with Crippen molar-refractivity contribution in [1.29, 1.82) is 0 Å². The van der Waals surface area contributed by atoms with Crippen LogP contribution in [0.25, 0.3) is 0 Å². The molecular formula is C17H22F3N5O. The Bertz CT molecular complexity index is 704. The number of alkyl halides is 3. The molecule has 0 bridgehead atoms. The van der Waals surface area contributed by atoms with E-state index in [1.165, 1.54) is 0 Å². The lowest BCUT2D eigenvalue weighted by Gasteiger charge is -2.42. The summed E-state index contributed by atoms with van der Waals surface area (Å²) in [4.78, 5) is 26.2. The van der Waals surface area contributed by atoms with Crippen molar-refractivity contribution in [2.75, 3.05) is 36.0 Å². The summed E-state index contributed by atoms with van der Waals surface area (Å²) < 4.78 is 40.2. The summed E-state index contributed by atoms with van der Waals surface area (Å²) in [6.07, 6.45) is -0.886. The second-order valence-electron chi connectivity index (χ2n) is 7.26. The first-order chi connectivity index (χ1) is 12.3. The van der Waals surface area contributed by atoms with Crippen LogP contribution in [0, 0.1) is 0 Å². The van der Waals surface area contributed by atoms with Gasteiger partial charge in [-0.1, -0.05) is 0 Å². The number of aromatic nitrogens is 2. The molecule has 3 aliphatic rings. The second-order valence-corrected chi connectivity index (χ2v) is 7.26. The number of piperazine rings is 1. The summed E-state index contributed by atoms with van der Waals surface area (Å²) in [6.45, 7) is 4.30. The molecule has 1 aromatic heterocycles. The second kappa shape index (κ2) is 6.28. The van der Waals surface area contributed by atoms with Crippen LogP contribution in [-0.2, 0) is 11.0 Å². The highest BCUT2D eigenvalue weighted by Gasteiger charge is 2.42. The lowest BCUT2D eigenvalue weighted by molar-refractivity contribution is -0.141. The molecule has 4 heterocycles. The van der Waals surface area contributed by atoms with Gasteiger partial charge in [-0.3, -0.25) is 4.79 Å². The van der Waals surface area contributed by atoms with Gasteiger partial charge >= 0.3 is 6.18 Å². The third-order valence-corrected chi connectivity index (χ3v) is 5.57. The highest BCUT2D eigenvalue weighted by Crippen LogP contribution is 2.34. The van der Waals surface area contributed by atoms with Crippen molar-refractivity contribution in [3.8, 4) is 0 Å². The number of hydrogen-bond donors (Lipinski definition) is 0. The first-order valence-corrected chi connectivity index (χ1v) is 9.13. The normalized spacial score (nSPS) is 26.6. The van der Waals surface area contributed by atoms with Gasteiger partial charge < -0.3 is 14.7 Å². The van der Waals surface area contributed by atoms with E-state index in [-0.39, 0.29) is 23.7 Å². The molecule has 1 aromatic rings. The number of nitrogens with zero attached hydrogens (tertiary/aromatic N) is 5. The number of rotatable bonds is 2. The van der Waals surface area contributed by atoms with E-state index in [1.807, 2.05) is 4.90 Å². The van der Waals surface area contributed by atoms with Gasteiger partial charge in [0.05, 0.1) is 0 Å². The molecule has 3 fully saturated rings. The Morgan fingerprint density at radius 3 is 2.50 bits per heavy atom. The number of carbonyl (C=O) groups excluding carboxylic acids is 1. The van der Waals surface area contributed by atoms with Gasteiger partial charge in [0, 0.05) is 38.3 Å². The van der Waals surface area contributed by atoms with Gasteiger partial charge in [0.15, 0.2) is 5.69 Å². The van der Waals surface area contributed by atoms with Gasteiger partial charge in [-0.15, -0.1) is 0 Å². The summed E-state index contributed by atoms with van der Waals surface area (Å²) in [5.74, 6) is 0.274. The van der Waals surface area contributed by atoms with E-state index in [0.29, 0.717) is 19.6 Å². The molecule has 0 saturated carbocycles. The number of fused-ring (bicyclic) bond motifs is 1. The maximum Gasteiger partial charge on any atom is 0.433 e. The highest BCUT2D eigenvalue weighted by molar-refractivity contribution is 5.86. The van der Waals surface area contributed by atoms with Crippen molar-refractivity contribution in [2.24, 2.45) is 0 Å². The Labute approximate surface area is 150 Å². The fourth-order valence-corrected chi connectivity index (χ4v) is 4.14. The van der Waals surface area contributed by atoms with Gasteiger partial charge in [-0.2, -0.15) is 18.2 Å². The SMILES string of the molecule is C[C@@H]1C(=O)N2CCC[C@H]2CN1c1cc(C(F)(F)F)nc(N2CCCC2)n1. The van der Waals surface area contributed by atoms with Gasteiger partial charge in [-0.25, -0.2) is 4.98 Å². The van der Waals surface area contributed by atoms with E-state index in [1.54, 1.807) is 16.7 Å². The van der Waals surface area contributed by atoms with E-state index >= 15 is 0 Å². The smallest absolute Gasteiger partial charge is 0.343 e. The first-order valence-electron chi connectivity index (χ1n) is 9.13. The Morgan fingerprint density at radius 1 is 1.08 bits per heavy atom. The summed E-state index contributed by atoms with van der Waals surface area (Å²) in [6, 6.07) is 0.513. The molecule has 2 atom stereocenters. The van der Waals surface area contributed by atoms with Crippen LogP contribution in [0.15, 0.2) is 6.07 Å². The zero-order chi connectivity index (χ0) is 18.5.